The molecule has 0 heterocycles. The van der Waals surface area contributed by atoms with Gasteiger partial charge in [-0.15, -0.1) is 0 Å². The van der Waals surface area contributed by atoms with Crippen LogP contribution in [-0.4, -0.2) is 18.7 Å². The van der Waals surface area contributed by atoms with Crippen molar-refractivity contribution in [2.75, 3.05) is 6.61 Å². The van der Waals surface area contributed by atoms with Crippen LogP contribution in [0.4, 0.5) is 0 Å². The molecule has 34 heavy (non-hydrogen) atoms. The normalized spacial score (nSPS) is 11.0. The largest absolute Gasteiger partial charge is 0.490 e. The van der Waals surface area contributed by atoms with Gasteiger partial charge in [0.1, 0.15) is 6.61 Å². The maximum Gasteiger partial charge on any atom is 0.244 e. The molecular weight excluding hydrogens is 539 g/mol. The molecule has 178 valence electrons. The molecule has 3 aromatic carbocycles. The number of nitrogens with one attached hydrogen (secondary N) is 1. The van der Waals surface area contributed by atoms with E-state index in [1.54, 1.807) is 24.4 Å². The van der Waals surface area contributed by atoms with E-state index in [0.717, 1.165) is 23.1 Å². The lowest BCUT2D eigenvalue weighted by molar-refractivity contribution is -0.120. The first-order chi connectivity index (χ1) is 16.4. The third-order valence-electron chi connectivity index (χ3n) is 4.92. The quantitative estimate of drug-likeness (QED) is 0.213. The van der Waals surface area contributed by atoms with Crippen molar-refractivity contribution in [3.05, 3.63) is 91.4 Å². The van der Waals surface area contributed by atoms with Crippen molar-refractivity contribution in [3.63, 3.8) is 0 Å². The molecule has 0 unspecified atom stereocenters. The summed E-state index contributed by atoms with van der Waals surface area (Å²) in [6, 6.07) is 16.9. The lowest BCUT2D eigenvalue weighted by atomic mass is 10.1. The second-order valence-corrected chi connectivity index (χ2v) is 9.13. The smallest absolute Gasteiger partial charge is 0.244 e. The number of nitrogens with zero attached hydrogens (tertiary/aromatic N) is 1. The number of carbonyl (C=O) groups excluding carboxylic acids is 1. The Balaban J connectivity index is 1.66. The van der Waals surface area contributed by atoms with E-state index >= 15 is 0 Å². The Morgan fingerprint density at radius 1 is 1.03 bits per heavy atom. The van der Waals surface area contributed by atoms with Gasteiger partial charge in [0.25, 0.3) is 0 Å². The van der Waals surface area contributed by atoms with Gasteiger partial charge < -0.3 is 9.47 Å². The summed E-state index contributed by atoms with van der Waals surface area (Å²) >= 11 is 15.8. The van der Waals surface area contributed by atoms with Gasteiger partial charge >= 0.3 is 0 Å². The van der Waals surface area contributed by atoms with Crippen LogP contribution in [0.2, 0.25) is 10.0 Å². The highest BCUT2D eigenvalue weighted by molar-refractivity contribution is 9.10. The predicted octanol–water partition coefficient (Wildman–Crippen LogP) is 6.99. The summed E-state index contributed by atoms with van der Waals surface area (Å²) < 4.78 is 12.4. The average molecular weight is 564 g/mol. The zero-order valence-electron chi connectivity index (χ0n) is 18.9. The number of hydrogen-bond acceptors (Lipinski definition) is 4. The van der Waals surface area contributed by atoms with Gasteiger partial charge in [0.15, 0.2) is 11.5 Å². The molecule has 0 atom stereocenters. The van der Waals surface area contributed by atoms with Crippen molar-refractivity contribution in [2.45, 2.75) is 33.3 Å². The summed E-state index contributed by atoms with van der Waals surface area (Å²) in [4.78, 5) is 12.2. The number of hydrogen-bond donors (Lipinski definition) is 1. The molecule has 0 saturated carbocycles. The van der Waals surface area contributed by atoms with Gasteiger partial charge in [-0.2, -0.15) is 5.10 Å². The first kappa shape index (κ1) is 26.1. The monoisotopic (exact) mass is 562 g/mol. The molecule has 3 rings (SSSR count). The van der Waals surface area contributed by atoms with Gasteiger partial charge in [-0.1, -0.05) is 60.5 Å². The lowest BCUT2D eigenvalue weighted by Crippen LogP contribution is -2.19. The minimum Gasteiger partial charge on any atom is -0.490 e. The summed E-state index contributed by atoms with van der Waals surface area (Å²) in [5, 5.41) is 5.18. The molecule has 0 radical (unpaired) electrons. The highest BCUT2D eigenvalue weighted by atomic mass is 79.9. The van der Waals surface area contributed by atoms with Crippen LogP contribution in [-0.2, 0) is 24.2 Å². The van der Waals surface area contributed by atoms with E-state index in [2.05, 4.69) is 33.4 Å². The number of carbonyl (C=O) groups is 1. The predicted molar refractivity (Wildman–Crippen MR) is 141 cm³/mol. The van der Waals surface area contributed by atoms with Crippen LogP contribution in [0.15, 0.2) is 64.2 Å². The zero-order valence-corrected chi connectivity index (χ0v) is 22.0. The molecular formula is C26H25BrCl2N2O3. The van der Waals surface area contributed by atoms with Gasteiger partial charge in [0.2, 0.25) is 5.91 Å². The molecule has 1 N–H and O–H groups in total. The third-order valence-corrected chi connectivity index (χ3v) is 6.09. The van der Waals surface area contributed by atoms with E-state index < -0.39 is 0 Å². The molecule has 0 aliphatic carbocycles. The van der Waals surface area contributed by atoms with E-state index in [0.29, 0.717) is 32.6 Å². The van der Waals surface area contributed by atoms with Crippen molar-refractivity contribution < 1.29 is 14.3 Å². The van der Waals surface area contributed by atoms with Crippen LogP contribution in [0.1, 0.15) is 36.1 Å². The number of benzene rings is 3. The number of ether oxygens (including phenoxy) is 2. The Morgan fingerprint density at radius 2 is 1.76 bits per heavy atom. The number of rotatable bonds is 10. The summed E-state index contributed by atoms with van der Waals surface area (Å²) in [6.45, 7) is 4.69. The van der Waals surface area contributed by atoms with Crippen LogP contribution in [0.5, 0.6) is 11.5 Å². The molecule has 0 aromatic heterocycles. The molecule has 5 nitrogen and oxygen atoms in total. The molecule has 0 aliphatic rings. The number of halogens is 3. The fourth-order valence-electron chi connectivity index (χ4n) is 3.15. The van der Waals surface area contributed by atoms with Gasteiger partial charge in [-0.25, -0.2) is 5.43 Å². The van der Waals surface area contributed by atoms with Crippen molar-refractivity contribution in [1.82, 2.24) is 5.43 Å². The molecule has 8 heteroatoms. The molecule has 3 aromatic rings. The first-order valence-corrected chi connectivity index (χ1v) is 12.4. The van der Waals surface area contributed by atoms with Gasteiger partial charge in [0.05, 0.1) is 23.7 Å². The van der Waals surface area contributed by atoms with Crippen LogP contribution < -0.4 is 14.9 Å². The van der Waals surface area contributed by atoms with E-state index in [4.69, 9.17) is 32.7 Å². The number of hydrazone groups is 1. The summed E-state index contributed by atoms with van der Waals surface area (Å²) in [7, 11) is 0. The number of amides is 1. The molecule has 0 aliphatic heterocycles. The molecule has 0 saturated heterocycles. The van der Waals surface area contributed by atoms with E-state index in [1.165, 1.54) is 5.56 Å². The average Bonchev–Trinajstić information content (AvgIpc) is 2.80. The Morgan fingerprint density at radius 3 is 2.44 bits per heavy atom. The first-order valence-electron chi connectivity index (χ1n) is 10.8. The highest BCUT2D eigenvalue weighted by Gasteiger charge is 2.13. The molecule has 0 fully saturated rings. The van der Waals surface area contributed by atoms with Crippen molar-refractivity contribution in [2.24, 2.45) is 5.10 Å². The molecule has 0 bridgehead atoms. The minimum absolute atomic E-state index is 0.190. The molecule has 1 amide bonds. The van der Waals surface area contributed by atoms with Crippen molar-refractivity contribution in [1.29, 1.82) is 0 Å². The second kappa shape index (κ2) is 12.8. The topological polar surface area (TPSA) is 59.9 Å². The van der Waals surface area contributed by atoms with Crippen LogP contribution >= 0.6 is 39.1 Å². The van der Waals surface area contributed by atoms with Crippen molar-refractivity contribution >= 4 is 51.3 Å². The van der Waals surface area contributed by atoms with Gasteiger partial charge in [0, 0.05) is 15.6 Å². The number of aryl methyl sites for hydroxylation is 1. The van der Waals surface area contributed by atoms with E-state index in [9.17, 15) is 4.79 Å². The summed E-state index contributed by atoms with van der Waals surface area (Å²) in [5.41, 5.74) is 6.28. The maximum atomic E-state index is 12.2. The summed E-state index contributed by atoms with van der Waals surface area (Å²) in [5.74, 6) is 0.903. The van der Waals surface area contributed by atoms with Gasteiger partial charge in [-0.3, -0.25) is 4.79 Å². The zero-order chi connectivity index (χ0) is 24.5. The van der Waals surface area contributed by atoms with Crippen LogP contribution in [0.25, 0.3) is 0 Å². The van der Waals surface area contributed by atoms with Crippen LogP contribution in [0.3, 0.4) is 0 Å². The fraction of sp³-hybridized carbons (Fsp3) is 0.231. The van der Waals surface area contributed by atoms with Crippen molar-refractivity contribution in [3.8, 4) is 11.5 Å². The van der Waals surface area contributed by atoms with E-state index in [1.807, 2.05) is 43.3 Å². The lowest BCUT2D eigenvalue weighted by Gasteiger charge is -2.15. The minimum atomic E-state index is -0.190. The highest BCUT2D eigenvalue weighted by Crippen LogP contribution is 2.37. The van der Waals surface area contributed by atoms with Gasteiger partial charge in [-0.05, 0) is 70.2 Å². The Bertz CT molecular complexity index is 1170. The maximum absolute atomic E-state index is 12.2. The Labute approximate surface area is 218 Å². The Hall–Kier alpha value is -2.54. The Kier molecular flexibility index (Phi) is 9.81. The SMILES string of the molecule is CCOc1cc(/C=N/NC(=O)Cc2ccc(CC)cc2)cc(Br)c1OCc1ccc(Cl)cc1Cl. The standard InChI is InChI=1S/C26H25BrCl2N2O3/c1-3-17-5-7-18(8-6-17)13-25(32)31-30-15-19-11-22(27)26(24(12-19)33-4-2)34-16-20-9-10-21(28)14-23(20)29/h5-12,14-15H,3-4,13,16H2,1-2H3,(H,31,32)/b30-15+. The second-order valence-electron chi connectivity index (χ2n) is 7.43. The summed E-state index contributed by atoms with van der Waals surface area (Å²) in [6.07, 6.45) is 2.79. The van der Waals surface area contributed by atoms with Crippen LogP contribution in [0, 0.1) is 0 Å². The van der Waals surface area contributed by atoms with E-state index in [-0.39, 0.29) is 18.9 Å². The third kappa shape index (κ3) is 7.49. The fourth-order valence-corrected chi connectivity index (χ4v) is 4.19. The molecule has 0 spiro atoms.